The number of hydrogen-bond acceptors (Lipinski definition) is 6. The smallest absolute Gasteiger partial charge is 0.327 e. The lowest BCUT2D eigenvalue weighted by atomic mass is 9.87. The van der Waals surface area contributed by atoms with E-state index in [2.05, 4.69) is 4.98 Å². The molecular formula is C32H34FN3O5. The van der Waals surface area contributed by atoms with Crippen LogP contribution in [0.1, 0.15) is 37.7 Å². The van der Waals surface area contributed by atoms with Crippen LogP contribution >= 0.6 is 0 Å². The number of carboxylic acids is 1. The molecule has 1 aliphatic carbocycles. The second kappa shape index (κ2) is 12.8. The van der Waals surface area contributed by atoms with Gasteiger partial charge in [-0.15, -0.1) is 0 Å². The molecule has 9 heteroatoms. The molecule has 3 aromatic carbocycles. The number of nitrogens with zero attached hydrogens (tertiary/aromatic N) is 3. The Hall–Kier alpha value is -4.40. The number of likely N-dealkylation sites (N-methyl/N-ethyl adjacent to an activating group) is 1. The summed E-state index contributed by atoms with van der Waals surface area (Å²) < 4.78 is 25.8. The summed E-state index contributed by atoms with van der Waals surface area (Å²) in [5.41, 5.74) is 2.51. The molecule has 0 aliphatic heterocycles. The fraction of sp³-hybridized carbons (Fsp3) is 0.344. The third kappa shape index (κ3) is 6.85. The van der Waals surface area contributed by atoms with Gasteiger partial charge < -0.3 is 19.2 Å². The molecular weight excluding hydrogens is 525 g/mol. The molecule has 1 aromatic heterocycles. The highest BCUT2D eigenvalue weighted by atomic mass is 19.1. The van der Waals surface area contributed by atoms with Crippen molar-refractivity contribution in [3.05, 3.63) is 84.2 Å². The van der Waals surface area contributed by atoms with Gasteiger partial charge >= 0.3 is 5.97 Å². The van der Waals surface area contributed by atoms with Gasteiger partial charge in [-0.05, 0) is 60.9 Å². The second-order valence-corrected chi connectivity index (χ2v) is 10.5. The molecule has 1 fully saturated rings. The van der Waals surface area contributed by atoms with Crippen LogP contribution in [-0.4, -0.2) is 48.2 Å². The zero-order chi connectivity index (χ0) is 28.8. The summed E-state index contributed by atoms with van der Waals surface area (Å²) in [6, 6.07) is 19.7. The Bertz CT molecular complexity index is 1450. The second-order valence-electron chi connectivity index (χ2n) is 10.5. The molecule has 1 aliphatic rings. The Kier molecular flexibility index (Phi) is 8.82. The van der Waals surface area contributed by atoms with E-state index >= 15 is 0 Å². The maximum atomic E-state index is 14.2. The molecule has 214 valence electrons. The summed E-state index contributed by atoms with van der Waals surface area (Å²) in [7, 11) is 1.88. The highest BCUT2D eigenvalue weighted by Crippen LogP contribution is 2.30. The number of benzene rings is 3. The summed E-state index contributed by atoms with van der Waals surface area (Å²) in [6.45, 7) is 0.928. The quantitative estimate of drug-likeness (QED) is 0.238. The van der Waals surface area contributed by atoms with Gasteiger partial charge in [0.25, 0.3) is 6.01 Å². The van der Waals surface area contributed by atoms with Gasteiger partial charge in [0.05, 0.1) is 6.54 Å². The first-order chi connectivity index (χ1) is 19.9. The van der Waals surface area contributed by atoms with E-state index < -0.39 is 17.8 Å². The van der Waals surface area contributed by atoms with Gasteiger partial charge in [0.2, 0.25) is 5.91 Å². The fourth-order valence-corrected chi connectivity index (χ4v) is 5.29. The number of halogens is 1. The lowest BCUT2D eigenvalue weighted by Gasteiger charge is -2.33. The number of anilines is 2. The van der Waals surface area contributed by atoms with Crippen molar-refractivity contribution in [1.29, 1.82) is 0 Å². The molecule has 1 saturated carbocycles. The molecule has 0 bridgehead atoms. The average Bonchev–Trinajstić information content (AvgIpc) is 3.43. The van der Waals surface area contributed by atoms with E-state index in [1.54, 1.807) is 30.3 Å². The summed E-state index contributed by atoms with van der Waals surface area (Å²) >= 11 is 0. The number of fused-ring (bicyclic) bond motifs is 1. The maximum absolute atomic E-state index is 14.2. The average molecular weight is 560 g/mol. The van der Waals surface area contributed by atoms with Crippen molar-refractivity contribution >= 4 is 34.7 Å². The number of carbonyl (C=O) groups excluding carboxylic acids is 1. The van der Waals surface area contributed by atoms with E-state index in [-0.39, 0.29) is 23.9 Å². The van der Waals surface area contributed by atoms with Crippen LogP contribution in [0.2, 0.25) is 0 Å². The first-order valence-corrected chi connectivity index (χ1v) is 14.0. The molecule has 1 N–H and O–H groups in total. The number of aliphatic carboxylic acids is 1. The van der Waals surface area contributed by atoms with E-state index in [1.807, 2.05) is 36.2 Å². The molecule has 0 saturated heterocycles. The Balaban J connectivity index is 1.25. The number of rotatable bonds is 11. The minimum atomic E-state index is -1.18. The molecule has 0 spiro atoms. The Morgan fingerprint density at radius 2 is 1.80 bits per heavy atom. The molecule has 1 amide bonds. The van der Waals surface area contributed by atoms with Gasteiger partial charge in [0.1, 0.15) is 29.7 Å². The zero-order valence-corrected chi connectivity index (χ0v) is 23.0. The van der Waals surface area contributed by atoms with Crippen LogP contribution in [0.3, 0.4) is 0 Å². The van der Waals surface area contributed by atoms with Gasteiger partial charge in [-0.2, -0.15) is 4.98 Å². The van der Waals surface area contributed by atoms with Gasteiger partial charge in [0.15, 0.2) is 5.58 Å². The summed E-state index contributed by atoms with van der Waals surface area (Å²) in [5.74, 6) is -1.55. The lowest BCUT2D eigenvalue weighted by molar-refractivity contribution is -0.140. The minimum Gasteiger partial charge on any atom is -0.492 e. The number of aromatic nitrogens is 1. The number of ether oxygens (including phenoxy) is 1. The highest BCUT2D eigenvalue weighted by molar-refractivity contribution is 6.00. The van der Waals surface area contributed by atoms with Crippen molar-refractivity contribution in [2.24, 2.45) is 5.92 Å². The number of para-hydroxylation sites is 2. The van der Waals surface area contributed by atoms with Crippen LogP contribution in [-0.2, 0) is 16.0 Å². The van der Waals surface area contributed by atoms with E-state index in [9.17, 15) is 19.1 Å². The number of carbonyl (C=O) groups is 2. The number of amides is 1. The van der Waals surface area contributed by atoms with Crippen molar-refractivity contribution < 1.29 is 28.2 Å². The molecule has 8 nitrogen and oxygen atoms in total. The molecule has 1 unspecified atom stereocenters. The van der Waals surface area contributed by atoms with E-state index in [1.165, 1.54) is 23.1 Å². The third-order valence-corrected chi connectivity index (χ3v) is 7.53. The Morgan fingerprint density at radius 3 is 2.51 bits per heavy atom. The minimum absolute atomic E-state index is 0.0745. The van der Waals surface area contributed by atoms with Crippen molar-refractivity contribution in [3.63, 3.8) is 0 Å². The largest absolute Gasteiger partial charge is 0.492 e. The number of oxazole rings is 1. The topological polar surface area (TPSA) is 96.1 Å². The van der Waals surface area contributed by atoms with Crippen LogP contribution in [0.4, 0.5) is 16.1 Å². The molecule has 1 atom stereocenters. The van der Waals surface area contributed by atoms with E-state index in [0.717, 1.165) is 35.9 Å². The van der Waals surface area contributed by atoms with Crippen LogP contribution in [0.25, 0.3) is 11.1 Å². The van der Waals surface area contributed by atoms with Crippen LogP contribution in [0.15, 0.2) is 77.2 Å². The highest BCUT2D eigenvalue weighted by Gasteiger charge is 2.35. The fourth-order valence-electron chi connectivity index (χ4n) is 5.29. The monoisotopic (exact) mass is 559 g/mol. The first-order valence-electron chi connectivity index (χ1n) is 14.0. The van der Waals surface area contributed by atoms with Crippen LogP contribution < -0.4 is 14.5 Å². The molecule has 5 rings (SSSR count). The summed E-state index contributed by atoms with van der Waals surface area (Å²) in [6.07, 6.45) is 4.42. The summed E-state index contributed by atoms with van der Waals surface area (Å²) in [4.78, 5) is 33.8. The van der Waals surface area contributed by atoms with E-state index in [0.29, 0.717) is 37.8 Å². The van der Waals surface area contributed by atoms with Crippen LogP contribution in [0, 0.1) is 11.7 Å². The predicted molar refractivity (Wildman–Crippen MR) is 155 cm³/mol. The maximum Gasteiger partial charge on any atom is 0.327 e. The number of carboxylic acid groups (broad SMARTS) is 1. The van der Waals surface area contributed by atoms with Gasteiger partial charge in [-0.1, -0.05) is 49.6 Å². The molecule has 0 radical (unpaired) electrons. The van der Waals surface area contributed by atoms with Gasteiger partial charge in [-0.25, -0.2) is 9.18 Å². The van der Waals surface area contributed by atoms with Crippen molar-refractivity contribution in [2.75, 3.05) is 30.0 Å². The molecule has 41 heavy (non-hydrogen) atoms. The predicted octanol–water partition coefficient (Wildman–Crippen LogP) is 6.09. The standard InChI is InChI=1S/C32H34FN3O5/c1-35(32-34-27-12-5-6-13-29(27)41-32)18-19-40-26-16-14-22(15-17-26)20-28(31(38)39)36(25-11-7-10-24(33)21-25)30(37)23-8-3-2-4-9-23/h5-7,10-17,21,23,28H,2-4,8-9,18-20H2,1H3,(H,38,39). The van der Waals surface area contributed by atoms with Crippen molar-refractivity contribution in [2.45, 2.75) is 44.6 Å². The normalized spacial score (nSPS) is 14.5. The molecule has 4 aromatic rings. The third-order valence-electron chi connectivity index (χ3n) is 7.53. The van der Waals surface area contributed by atoms with E-state index in [4.69, 9.17) is 9.15 Å². The number of hydrogen-bond donors (Lipinski definition) is 1. The Morgan fingerprint density at radius 1 is 1.05 bits per heavy atom. The SMILES string of the molecule is CN(CCOc1ccc(CC(C(=O)O)N(C(=O)C2CCCCC2)c2cccc(F)c2)cc1)c1nc2ccccc2o1. The molecule has 1 heterocycles. The lowest BCUT2D eigenvalue weighted by Crippen LogP contribution is -2.49. The summed E-state index contributed by atoms with van der Waals surface area (Å²) in [5, 5.41) is 10.2. The van der Waals surface area contributed by atoms with Crippen LogP contribution in [0.5, 0.6) is 5.75 Å². The van der Waals surface area contributed by atoms with Gasteiger partial charge in [-0.3, -0.25) is 9.69 Å². The van der Waals surface area contributed by atoms with Crippen molar-refractivity contribution in [3.8, 4) is 5.75 Å². The first kappa shape index (κ1) is 28.1. The van der Waals surface area contributed by atoms with Crippen molar-refractivity contribution in [1.82, 2.24) is 4.98 Å². The zero-order valence-electron chi connectivity index (χ0n) is 23.0. The van der Waals surface area contributed by atoms with Gasteiger partial charge in [0, 0.05) is 25.1 Å². The Labute approximate surface area is 238 Å².